The molecule has 7 nitrogen and oxygen atoms in total. The molecule has 0 aromatic heterocycles. The van der Waals surface area contributed by atoms with E-state index in [9.17, 15) is 14.4 Å². The molecule has 2 rings (SSSR count). The number of quaternary nitrogens is 1. The van der Waals surface area contributed by atoms with Crippen LogP contribution in [0.15, 0.2) is 65.8 Å². The molecule has 8 heteroatoms. The van der Waals surface area contributed by atoms with Gasteiger partial charge in [0.15, 0.2) is 12.3 Å². The summed E-state index contributed by atoms with van der Waals surface area (Å²) in [6.45, 7) is 0.794. The molecule has 0 unspecified atom stereocenters. The largest absolute Gasteiger partial charge is 1.00 e. The van der Waals surface area contributed by atoms with Gasteiger partial charge in [0.2, 0.25) is 5.91 Å². The number of likely N-dealkylation sites (N-methyl/N-ethyl adjacent to an activating group) is 1. The quantitative estimate of drug-likeness (QED) is 0.174. The second kappa shape index (κ2) is 14.3. The highest BCUT2D eigenvalue weighted by Gasteiger charge is 2.16. The molecular formula is C25H33BrN4O3. The van der Waals surface area contributed by atoms with E-state index in [1.54, 1.807) is 24.3 Å². The highest BCUT2D eigenvalue weighted by Crippen LogP contribution is 2.07. The topological polar surface area (TPSA) is 87.6 Å². The summed E-state index contributed by atoms with van der Waals surface area (Å²) in [6.07, 6.45) is 1.29. The molecule has 0 heterocycles. The molecule has 0 saturated heterocycles. The number of hydrogen-bond acceptors (Lipinski definition) is 4. The Morgan fingerprint density at radius 1 is 0.848 bits per heavy atom. The number of carbonyl (C=O) groups excluding carboxylic acids is 3. The van der Waals surface area contributed by atoms with Gasteiger partial charge in [-0.1, -0.05) is 60.7 Å². The third-order valence-electron chi connectivity index (χ3n) is 4.64. The molecule has 2 amide bonds. The fraction of sp³-hybridized carbons (Fsp3) is 0.360. The second-order valence-electron chi connectivity index (χ2n) is 8.71. The van der Waals surface area contributed by atoms with E-state index >= 15 is 0 Å². The van der Waals surface area contributed by atoms with Gasteiger partial charge in [0.25, 0.3) is 5.91 Å². The number of hydrogen-bond donors (Lipinski definition) is 2. The van der Waals surface area contributed by atoms with E-state index in [1.165, 1.54) is 0 Å². The van der Waals surface area contributed by atoms with Crippen molar-refractivity contribution in [3.63, 3.8) is 0 Å². The maximum atomic E-state index is 12.6. The lowest BCUT2D eigenvalue weighted by molar-refractivity contribution is -0.862. The summed E-state index contributed by atoms with van der Waals surface area (Å²) in [6, 6.07) is 18.9. The molecular weight excluding hydrogens is 484 g/mol. The van der Waals surface area contributed by atoms with Crippen LogP contribution in [0, 0.1) is 0 Å². The molecule has 2 aromatic rings. The maximum Gasteiger partial charge on any atom is 0.295 e. The number of halogens is 1. The number of benzene rings is 2. The number of amides is 2. The Morgan fingerprint density at radius 2 is 1.45 bits per heavy atom. The number of ketones is 1. The van der Waals surface area contributed by atoms with Gasteiger partial charge in [-0.15, -0.1) is 0 Å². The highest BCUT2D eigenvalue weighted by molar-refractivity contribution is 6.10. The molecule has 0 radical (unpaired) electrons. The van der Waals surface area contributed by atoms with Crippen molar-refractivity contribution in [2.24, 2.45) is 5.10 Å². The lowest BCUT2D eigenvalue weighted by Gasteiger charge is -2.22. The average molecular weight is 517 g/mol. The van der Waals surface area contributed by atoms with Crippen molar-refractivity contribution >= 4 is 23.3 Å². The lowest BCUT2D eigenvalue weighted by Crippen LogP contribution is -3.00. The van der Waals surface area contributed by atoms with Crippen LogP contribution in [-0.4, -0.2) is 62.0 Å². The van der Waals surface area contributed by atoms with E-state index in [2.05, 4.69) is 15.8 Å². The van der Waals surface area contributed by atoms with Crippen LogP contribution in [0.1, 0.15) is 35.2 Å². The van der Waals surface area contributed by atoms with Gasteiger partial charge in [-0.25, -0.2) is 5.43 Å². The first-order chi connectivity index (χ1) is 15.2. The second-order valence-corrected chi connectivity index (χ2v) is 8.71. The molecule has 178 valence electrons. The van der Waals surface area contributed by atoms with Crippen LogP contribution in [-0.2, 0) is 16.0 Å². The summed E-state index contributed by atoms with van der Waals surface area (Å²) >= 11 is 0. The van der Waals surface area contributed by atoms with Crippen LogP contribution in [0.3, 0.4) is 0 Å². The molecule has 2 N–H and O–H groups in total. The van der Waals surface area contributed by atoms with Gasteiger partial charge in [0, 0.05) is 24.2 Å². The standard InChI is InChI=1S/C25H32N4O3.BrH/c1-29(2,3)19-25(32)28-27-22(18-23(30)21-12-8-5-9-13-21)14-15-24(31)26-17-16-20-10-6-4-7-11-20;/h4-13H,14-19H2,1-3H3,(H-,26,28,31,32);1H/b27-22-;. The van der Waals surface area contributed by atoms with Crippen molar-refractivity contribution in [2.45, 2.75) is 25.7 Å². The van der Waals surface area contributed by atoms with Crippen molar-refractivity contribution < 1.29 is 35.8 Å². The molecule has 2 aromatic carbocycles. The predicted octanol–water partition coefficient (Wildman–Crippen LogP) is -0.419. The van der Waals surface area contributed by atoms with Crippen LogP contribution in [0.25, 0.3) is 0 Å². The number of carbonyl (C=O) groups is 3. The van der Waals surface area contributed by atoms with Gasteiger partial charge in [0.1, 0.15) is 0 Å². The summed E-state index contributed by atoms with van der Waals surface area (Å²) in [4.78, 5) is 37.0. The minimum absolute atomic E-state index is 0. The van der Waals surface area contributed by atoms with Gasteiger partial charge in [-0.05, 0) is 18.4 Å². The van der Waals surface area contributed by atoms with Crippen LogP contribution in [0.2, 0.25) is 0 Å². The van der Waals surface area contributed by atoms with Crippen LogP contribution < -0.4 is 27.7 Å². The van der Waals surface area contributed by atoms with Gasteiger partial charge in [-0.2, -0.15) is 5.10 Å². The van der Waals surface area contributed by atoms with Crippen LogP contribution >= 0.6 is 0 Å². The van der Waals surface area contributed by atoms with Gasteiger partial charge >= 0.3 is 0 Å². The van der Waals surface area contributed by atoms with Gasteiger partial charge < -0.3 is 26.8 Å². The maximum absolute atomic E-state index is 12.6. The van der Waals surface area contributed by atoms with Crippen LogP contribution in [0.5, 0.6) is 0 Å². The summed E-state index contributed by atoms with van der Waals surface area (Å²) in [5.41, 5.74) is 4.74. The predicted molar refractivity (Wildman–Crippen MR) is 126 cm³/mol. The zero-order valence-electron chi connectivity index (χ0n) is 19.5. The van der Waals surface area contributed by atoms with E-state index in [0.29, 0.717) is 28.7 Å². The van der Waals surface area contributed by atoms with E-state index in [1.807, 2.05) is 57.5 Å². The van der Waals surface area contributed by atoms with E-state index in [-0.39, 0.29) is 54.0 Å². The van der Waals surface area contributed by atoms with Crippen molar-refractivity contribution in [1.29, 1.82) is 0 Å². The smallest absolute Gasteiger partial charge is 0.295 e. The molecule has 0 bridgehead atoms. The Balaban J connectivity index is 0.00000544. The van der Waals surface area contributed by atoms with E-state index < -0.39 is 0 Å². The average Bonchev–Trinajstić information content (AvgIpc) is 2.75. The summed E-state index contributed by atoms with van der Waals surface area (Å²) < 4.78 is 0.462. The highest BCUT2D eigenvalue weighted by atomic mass is 79.9. The summed E-state index contributed by atoms with van der Waals surface area (Å²) in [5.74, 6) is -0.456. The van der Waals surface area contributed by atoms with Crippen molar-refractivity contribution in [3.8, 4) is 0 Å². The normalized spacial score (nSPS) is 11.3. The molecule has 0 aliphatic carbocycles. The number of nitrogens with one attached hydrogen (secondary N) is 2. The zero-order chi connectivity index (χ0) is 23.4. The zero-order valence-corrected chi connectivity index (χ0v) is 21.1. The molecule has 0 saturated carbocycles. The monoisotopic (exact) mass is 516 g/mol. The molecule has 0 aliphatic heterocycles. The number of Topliss-reactive ketones (excluding diaryl/α,β-unsaturated/α-hetero) is 1. The van der Waals surface area contributed by atoms with Crippen molar-refractivity contribution in [1.82, 2.24) is 10.7 Å². The first-order valence-electron chi connectivity index (χ1n) is 10.8. The lowest BCUT2D eigenvalue weighted by atomic mass is 10.0. The number of rotatable bonds is 12. The third kappa shape index (κ3) is 12.1. The number of hydrazone groups is 1. The van der Waals surface area contributed by atoms with E-state index in [4.69, 9.17) is 0 Å². The molecule has 0 fully saturated rings. The van der Waals surface area contributed by atoms with Crippen molar-refractivity contribution in [3.05, 3.63) is 71.8 Å². The summed E-state index contributed by atoms with van der Waals surface area (Å²) in [5, 5.41) is 7.08. The van der Waals surface area contributed by atoms with E-state index in [0.717, 1.165) is 12.0 Å². The fourth-order valence-electron chi connectivity index (χ4n) is 3.04. The molecule has 0 atom stereocenters. The van der Waals surface area contributed by atoms with Gasteiger partial charge in [-0.3, -0.25) is 14.4 Å². The molecule has 33 heavy (non-hydrogen) atoms. The first-order valence-corrected chi connectivity index (χ1v) is 10.8. The third-order valence-corrected chi connectivity index (χ3v) is 4.64. The van der Waals surface area contributed by atoms with Gasteiger partial charge in [0.05, 0.1) is 27.6 Å². The minimum Gasteiger partial charge on any atom is -1.00 e. The Morgan fingerprint density at radius 3 is 2.06 bits per heavy atom. The van der Waals surface area contributed by atoms with Crippen molar-refractivity contribution in [2.75, 3.05) is 34.2 Å². The minimum atomic E-state index is -0.241. The number of nitrogens with zero attached hydrogens (tertiary/aromatic N) is 2. The Labute approximate surface area is 206 Å². The SMILES string of the molecule is C[N+](C)(C)CC(=O)N/N=C(/CCC(=O)NCCc1ccccc1)CC(=O)c1ccccc1.[Br-]. The summed E-state index contributed by atoms with van der Waals surface area (Å²) in [7, 11) is 5.72. The Kier molecular flexibility index (Phi) is 12.2. The fourth-order valence-corrected chi connectivity index (χ4v) is 3.04. The molecule has 0 spiro atoms. The Hall–Kier alpha value is -2.84. The first kappa shape index (κ1) is 28.2. The Bertz CT molecular complexity index is 926. The van der Waals surface area contributed by atoms with Crippen LogP contribution in [0.4, 0.5) is 0 Å². The molecule has 0 aliphatic rings.